The average Bonchev–Trinajstić information content (AvgIpc) is 3.12. The molecule has 3 aromatic rings. The van der Waals surface area contributed by atoms with Gasteiger partial charge in [-0.2, -0.15) is 0 Å². The molecule has 2 aromatic carbocycles. The van der Waals surface area contributed by atoms with Gasteiger partial charge in [0.25, 0.3) is 5.91 Å². The summed E-state index contributed by atoms with van der Waals surface area (Å²) in [6.07, 6.45) is 1.51. The maximum atomic E-state index is 14.6. The van der Waals surface area contributed by atoms with E-state index in [1.54, 1.807) is 33.3 Å². The number of hydrogen-bond donors (Lipinski definition) is 8. The van der Waals surface area contributed by atoms with Crippen LogP contribution in [0.15, 0.2) is 57.9 Å². The van der Waals surface area contributed by atoms with Crippen molar-refractivity contribution in [3.8, 4) is 5.75 Å². The van der Waals surface area contributed by atoms with Crippen molar-refractivity contribution in [1.82, 2.24) is 14.5 Å². The van der Waals surface area contributed by atoms with Crippen LogP contribution in [0.4, 0.5) is 15.8 Å². The number of nitrogens with one attached hydrogen (secondary N) is 1. The summed E-state index contributed by atoms with van der Waals surface area (Å²) >= 11 is 0. The first-order valence-corrected chi connectivity index (χ1v) is 17.3. The molecule has 1 aliphatic heterocycles. The van der Waals surface area contributed by atoms with Crippen LogP contribution in [-0.2, 0) is 16.0 Å². The number of Topliss-reactive ketones (excluding diaryl/α,β-unsaturated/α-hetero) is 2. The Morgan fingerprint density at radius 1 is 1.05 bits per heavy atom. The van der Waals surface area contributed by atoms with Gasteiger partial charge in [-0.15, -0.1) is 0 Å². The van der Waals surface area contributed by atoms with E-state index in [-0.39, 0.29) is 35.1 Å². The summed E-state index contributed by atoms with van der Waals surface area (Å²) in [4.78, 5) is 67.4. The number of nitrogens with zero attached hydrogens (tertiary/aromatic N) is 4. The van der Waals surface area contributed by atoms with Crippen LogP contribution in [0.2, 0.25) is 0 Å². The zero-order chi connectivity index (χ0) is 40.4. The van der Waals surface area contributed by atoms with E-state index in [4.69, 9.17) is 16.6 Å². The van der Waals surface area contributed by atoms with E-state index in [9.17, 15) is 48.8 Å². The first-order valence-electron chi connectivity index (χ1n) is 17.3. The van der Waals surface area contributed by atoms with Crippen molar-refractivity contribution in [3.05, 3.63) is 85.9 Å². The lowest BCUT2D eigenvalue weighted by Gasteiger charge is -2.50. The highest BCUT2D eigenvalue weighted by Gasteiger charge is 2.63. The Morgan fingerprint density at radius 3 is 2.29 bits per heavy atom. The number of anilines is 2. The number of likely N-dealkylation sites (N-methyl/N-ethyl adjacent to an activating group) is 2. The second kappa shape index (κ2) is 14.0. The Labute approximate surface area is 313 Å². The van der Waals surface area contributed by atoms with Gasteiger partial charge in [-0.3, -0.25) is 28.8 Å². The third-order valence-corrected chi connectivity index (χ3v) is 11.0. The number of primary amides is 1. The quantitative estimate of drug-likeness (QED) is 0.0998. The summed E-state index contributed by atoms with van der Waals surface area (Å²) in [6, 6.07) is 4.79. The van der Waals surface area contributed by atoms with Gasteiger partial charge >= 0.3 is 5.97 Å². The number of carboxylic acid groups (broad SMARTS) is 1. The number of carboxylic acids is 1. The SMILES string of the molecule is CN(C)[C@@H]1C(O)=C(C(N)=O)C(=O)[C@@]2(O)C(O)=C3C(=O)c4c(ccc(N)c4O)C[C@H]3C[C@@H]12.CNn1cc(C(=O)O)c(=O)c2cc(F)c(N3CCN(C)CC3)cc21. The Hall–Kier alpha value is -5.98. The van der Waals surface area contributed by atoms with Gasteiger partial charge in [-0.1, -0.05) is 6.07 Å². The molecule has 0 saturated carbocycles. The molecule has 0 radical (unpaired) electrons. The highest BCUT2D eigenvalue weighted by atomic mass is 19.1. The van der Waals surface area contributed by atoms with Gasteiger partial charge in [0, 0.05) is 50.9 Å². The van der Waals surface area contributed by atoms with E-state index in [0.29, 0.717) is 29.9 Å². The van der Waals surface area contributed by atoms with E-state index in [0.717, 1.165) is 19.2 Å². The summed E-state index contributed by atoms with van der Waals surface area (Å²) in [6.45, 7) is 3.04. The molecule has 10 N–H and O–H groups in total. The van der Waals surface area contributed by atoms with E-state index >= 15 is 0 Å². The molecule has 292 valence electrons. The van der Waals surface area contributed by atoms with E-state index in [2.05, 4.69) is 10.3 Å². The summed E-state index contributed by atoms with van der Waals surface area (Å²) < 4.78 is 16.0. The van der Waals surface area contributed by atoms with Crippen molar-refractivity contribution in [2.24, 2.45) is 17.6 Å². The molecule has 0 unspecified atom stereocenters. The lowest BCUT2D eigenvalue weighted by molar-refractivity contribution is -0.148. The molecular weight excluding hydrogens is 721 g/mol. The van der Waals surface area contributed by atoms with Gasteiger partial charge in [-0.25, -0.2) is 9.18 Å². The second-order valence-electron chi connectivity index (χ2n) is 14.4. The lowest BCUT2D eigenvalue weighted by atomic mass is 9.58. The van der Waals surface area contributed by atoms with Crippen LogP contribution in [0, 0.1) is 17.7 Å². The van der Waals surface area contributed by atoms with Gasteiger partial charge in [0.1, 0.15) is 34.2 Å². The Bertz CT molecular complexity index is 2300. The molecule has 4 atom stereocenters. The van der Waals surface area contributed by atoms with Crippen molar-refractivity contribution >= 4 is 45.7 Å². The second-order valence-corrected chi connectivity index (χ2v) is 14.4. The van der Waals surface area contributed by atoms with Crippen LogP contribution in [0.5, 0.6) is 5.75 Å². The first kappa shape index (κ1) is 38.7. The number of halogens is 1. The minimum Gasteiger partial charge on any atom is -0.510 e. The summed E-state index contributed by atoms with van der Waals surface area (Å²) in [5.41, 5.74) is 10.3. The third kappa shape index (κ3) is 6.11. The highest BCUT2D eigenvalue weighted by Crippen LogP contribution is 2.52. The highest BCUT2D eigenvalue weighted by molar-refractivity contribution is 6.24. The van der Waals surface area contributed by atoms with Gasteiger partial charge in [-0.05, 0) is 63.7 Å². The molecule has 18 heteroatoms. The number of phenols is 1. The topological polar surface area (TPSA) is 265 Å². The van der Waals surface area contributed by atoms with Crippen molar-refractivity contribution in [3.63, 3.8) is 0 Å². The van der Waals surface area contributed by atoms with Gasteiger partial charge < -0.3 is 52.2 Å². The average molecular weight is 764 g/mol. The molecule has 0 spiro atoms. The zero-order valence-electron chi connectivity index (χ0n) is 30.5. The molecule has 7 rings (SSSR count). The number of aromatic hydroxyl groups is 1. The number of aromatic nitrogens is 1. The Morgan fingerprint density at radius 2 is 1.71 bits per heavy atom. The van der Waals surface area contributed by atoms with E-state index in [1.807, 2.05) is 11.9 Å². The smallest absolute Gasteiger partial charge is 0.341 e. The number of aliphatic hydroxyl groups excluding tert-OH is 2. The molecule has 4 aliphatic rings. The number of benzene rings is 2. The predicted octanol–water partition coefficient (Wildman–Crippen LogP) is 0.467. The molecule has 1 amide bonds. The first-order chi connectivity index (χ1) is 25.8. The van der Waals surface area contributed by atoms with Crippen molar-refractivity contribution in [2.45, 2.75) is 24.5 Å². The summed E-state index contributed by atoms with van der Waals surface area (Å²) in [5, 5.41) is 52.7. The molecule has 0 bridgehead atoms. The molecule has 2 heterocycles. The largest absolute Gasteiger partial charge is 0.510 e. The maximum Gasteiger partial charge on any atom is 0.341 e. The fourth-order valence-corrected chi connectivity index (χ4v) is 8.20. The minimum absolute atomic E-state index is 0.0247. The fraction of sp³-hybridized carbons (Fsp3) is 0.378. The number of hydrogen-bond acceptors (Lipinski definition) is 14. The maximum absolute atomic E-state index is 14.6. The fourth-order valence-electron chi connectivity index (χ4n) is 8.20. The molecule has 1 saturated heterocycles. The van der Waals surface area contributed by atoms with Crippen molar-refractivity contribution in [2.75, 3.05) is 70.4 Å². The number of amides is 1. The summed E-state index contributed by atoms with van der Waals surface area (Å²) in [5.74, 6) is -8.69. The molecule has 1 fully saturated rings. The van der Waals surface area contributed by atoms with Crippen LogP contribution >= 0.6 is 0 Å². The molecular formula is C37H42FN7O10. The van der Waals surface area contributed by atoms with E-state index in [1.165, 1.54) is 21.8 Å². The lowest BCUT2D eigenvalue weighted by Crippen LogP contribution is -2.63. The number of aromatic carboxylic acids is 1. The minimum atomic E-state index is -2.64. The van der Waals surface area contributed by atoms with E-state index < -0.39 is 86.6 Å². The predicted molar refractivity (Wildman–Crippen MR) is 198 cm³/mol. The van der Waals surface area contributed by atoms with Crippen LogP contribution in [-0.4, -0.2) is 129 Å². The normalized spacial score (nSPS) is 23.9. The number of nitrogens with two attached hydrogens (primary N) is 2. The monoisotopic (exact) mass is 763 g/mol. The number of piperazine rings is 1. The van der Waals surface area contributed by atoms with Crippen LogP contribution in [0.3, 0.4) is 0 Å². The number of carbonyl (C=O) groups is 4. The van der Waals surface area contributed by atoms with Gasteiger partial charge in [0.05, 0.1) is 33.9 Å². The number of allylic oxidation sites excluding steroid dienone is 1. The van der Waals surface area contributed by atoms with Crippen molar-refractivity contribution < 1.29 is 49.1 Å². The standard InChI is InChI=1S/C21H23N3O7.C16H19FN4O3/c1-24(2)14-9-6-8-5-7-3-4-10(22)15(25)11(7)16(26)12(8)18(28)21(9,31)19(29)13(17(14)27)20(23)30;1-18-21-9-11(16(23)24)15(22)10-7-12(17)14(8-13(10)21)20-5-3-19(2)4-6-20/h3-4,8-9,14,25,27-28,31H,5-6,22H2,1-2H3,(H2,23,30);7-9,18H,3-6H2,1-2H3,(H,23,24)/t8-,9-,14-,21-;/m0./s1. The number of aliphatic hydroxyl groups is 3. The number of nitrogen functional groups attached to an aromatic ring is 1. The van der Waals surface area contributed by atoms with Crippen molar-refractivity contribution in [1.29, 1.82) is 0 Å². The van der Waals surface area contributed by atoms with Gasteiger partial charge in [0.2, 0.25) is 11.2 Å². The number of fused-ring (bicyclic) bond motifs is 4. The number of pyridine rings is 1. The third-order valence-electron chi connectivity index (χ3n) is 11.0. The number of rotatable bonds is 5. The zero-order valence-corrected chi connectivity index (χ0v) is 30.5. The molecule has 1 aromatic heterocycles. The number of carbonyl (C=O) groups excluding carboxylic acids is 3. The molecule has 3 aliphatic carbocycles. The number of phenolic OH excluding ortho intramolecular Hbond substituents is 1. The molecule has 55 heavy (non-hydrogen) atoms. The summed E-state index contributed by atoms with van der Waals surface area (Å²) in [7, 11) is 6.77. The number of ketones is 2. The molecule has 17 nitrogen and oxygen atoms in total. The van der Waals surface area contributed by atoms with Gasteiger partial charge in [0.15, 0.2) is 11.4 Å². The Balaban J connectivity index is 0.000000193. The van der Waals surface area contributed by atoms with Crippen LogP contribution in [0.1, 0.15) is 32.7 Å². The Kier molecular flexibility index (Phi) is 9.87. The van der Waals surface area contributed by atoms with Crippen LogP contribution < -0.4 is 27.2 Å². The van der Waals surface area contributed by atoms with Crippen LogP contribution in [0.25, 0.3) is 10.9 Å².